The Labute approximate surface area is 246 Å². The molecule has 0 aromatic carbocycles. The summed E-state index contributed by atoms with van der Waals surface area (Å²) < 4.78 is 16.8. The molecule has 40 heavy (non-hydrogen) atoms. The molecule has 236 valence electrons. The fraction of sp³-hybridized carbons (Fsp3) is 0.938. The first kappa shape index (κ1) is 36.5. The molecule has 1 aliphatic heterocycles. The van der Waals surface area contributed by atoms with Crippen LogP contribution in [0.15, 0.2) is 0 Å². The van der Waals surface area contributed by atoms with Crippen molar-refractivity contribution in [2.45, 2.75) is 141 Å². The molecule has 1 fully saturated rings. The van der Waals surface area contributed by atoms with Crippen LogP contribution in [0.2, 0.25) is 0 Å². The van der Waals surface area contributed by atoms with Crippen LogP contribution in [0.25, 0.3) is 0 Å². The summed E-state index contributed by atoms with van der Waals surface area (Å²) in [5.74, 6) is 0. The van der Waals surface area contributed by atoms with E-state index in [0.29, 0.717) is 26.1 Å². The lowest BCUT2D eigenvalue weighted by atomic mass is 9.95. The monoisotopic (exact) mass is 569 g/mol. The Morgan fingerprint density at radius 3 is 1.55 bits per heavy atom. The second kappa shape index (κ2) is 25.2. The molecular weight excluding hydrogens is 506 g/mol. The van der Waals surface area contributed by atoms with Gasteiger partial charge in [0.2, 0.25) is 0 Å². The summed E-state index contributed by atoms with van der Waals surface area (Å²) in [5, 5.41) is 5.63. The minimum absolute atomic E-state index is 0.0823. The molecule has 0 radical (unpaired) electrons. The van der Waals surface area contributed by atoms with Gasteiger partial charge >= 0.3 is 12.2 Å². The lowest BCUT2D eigenvalue weighted by Crippen LogP contribution is -2.47. The molecule has 8 heteroatoms. The van der Waals surface area contributed by atoms with E-state index in [-0.39, 0.29) is 13.2 Å². The molecule has 0 aromatic rings. The Balaban J connectivity index is 2.01. The summed E-state index contributed by atoms with van der Waals surface area (Å²) >= 11 is 0. The third kappa shape index (κ3) is 21.2. The first-order valence-corrected chi connectivity index (χ1v) is 16.6. The van der Waals surface area contributed by atoms with Crippen LogP contribution < -0.4 is 10.6 Å². The number of hydrogen-bond acceptors (Lipinski definition) is 6. The fourth-order valence-corrected chi connectivity index (χ4v) is 5.12. The van der Waals surface area contributed by atoms with Gasteiger partial charge in [-0.15, -0.1) is 0 Å². The maximum absolute atomic E-state index is 12.2. The predicted octanol–water partition coefficient (Wildman–Crippen LogP) is 7.59. The van der Waals surface area contributed by atoms with Crippen molar-refractivity contribution in [3.05, 3.63) is 0 Å². The van der Waals surface area contributed by atoms with Crippen molar-refractivity contribution in [3.63, 3.8) is 0 Å². The van der Waals surface area contributed by atoms with Crippen LogP contribution in [0.5, 0.6) is 0 Å². The summed E-state index contributed by atoms with van der Waals surface area (Å²) in [6.07, 6.45) is 23.9. The second-order valence-corrected chi connectivity index (χ2v) is 12.0. The van der Waals surface area contributed by atoms with Gasteiger partial charge in [-0.1, -0.05) is 103 Å². The zero-order chi connectivity index (χ0) is 29.2. The smallest absolute Gasteiger partial charge is 0.407 e. The van der Waals surface area contributed by atoms with Crippen LogP contribution in [0.3, 0.4) is 0 Å². The van der Waals surface area contributed by atoms with Crippen molar-refractivity contribution in [2.75, 3.05) is 53.6 Å². The molecule has 2 amide bonds. The number of amides is 2. The van der Waals surface area contributed by atoms with E-state index in [2.05, 4.69) is 22.5 Å². The van der Waals surface area contributed by atoms with Gasteiger partial charge in [0.25, 0.3) is 0 Å². The average molecular weight is 570 g/mol. The van der Waals surface area contributed by atoms with Crippen molar-refractivity contribution < 1.29 is 23.8 Å². The average Bonchev–Trinajstić information content (AvgIpc) is 2.95. The second-order valence-electron chi connectivity index (χ2n) is 12.0. The largest absolute Gasteiger partial charge is 0.446 e. The lowest BCUT2D eigenvalue weighted by Gasteiger charge is -2.36. The van der Waals surface area contributed by atoms with E-state index in [0.717, 1.165) is 38.6 Å². The number of nitrogens with one attached hydrogen (secondary N) is 2. The molecule has 1 aliphatic rings. The molecule has 8 nitrogen and oxygen atoms in total. The number of hydrogen-bond donors (Lipinski definition) is 2. The fourth-order valence-electron chi connectivity index (χ4n) is 5.12. The summed E-state index contributed by atoms with van der Waals surface area (Å²) in [6, 6.07) is 0. The Bertz CT molecular complexity index is 611. The van der Waals surface area contributed by atoms with Gasteiger partial charge in [0, 0.05) is 19.7 Å². The molecule has 1 unspecified atom stereocenters. The quantitative estimate of drug-likeness (QED) is 0.110. The van der Waals surface area contributed by atoms with E-state index in [1.807, 2.05) is 14.1 Å². The lowest BCUT2D eigenvalue weighted by molar-refractivity contribution is -0.134. The van der Waals surface area contributed by atoms with Crippen LogP contribution in [-0.2, 0) is 14.2 Å². The highest BCUT2D eigenvalue weighted by Gasteiger charge is 2.36. The third-order valence-corrected chi connectivity index (χ3v) is 7.72. The molecular formula is C32H63N3O5. The molecule has 0 aromatic heterocycles. The Morgan fingerprint density at radius 1 is 0.675 bits per heavy atom. The van der Waals surface area contributed by atoms with Crippen LogP contribution >= 0.6 is 0 Å². The molecule has 0 bridgehead atoms. The number of carbonyl (C=O) groups is 2. The minimum Gasteiger partial charge on any atom is -0.446 e. The van der Waals surface area contributed by atoms with E-state index in [4.69, 9.17) is 14.2 Å². The zero-order valence-electron chi connectivity index (χ0n) is 26.4. The predicted molar refractivity (Wildman–Crippen MR) is 164 cm³/mol. The number of carbonyl (C=O) groups excluding carboxylic acids is 2. The molecule has 0 spiro atoms. The third-order valence-electron chi connectivity index (χ3n) is 7.72. The van der Waals surface area contributed by atoms with Gasteiger partial charge in [0.15, 0.2) is 0 Å². The number of rotatable bonds is 25. The van der Waals surface area contributed by atoms with Gasteiger partial charge < -0.3 is 29.7 Å². The van der Waals surface area contributed by atoms with Crippen LogP contribution in [0.1, 0.15) is 135 Å². The first-order valence-electron chi connectivity index (χ1n) is 16.6. The SMILES string of the molecule is CCCCCCCCCCCCCCCCCCNC(=O)OCC1(COC(=O)NCCCN(C)C)CCCCO1. The van der Waals surface area contributed by atoms with E-state index >= 15 is 0 Å². The summed E-state index contributed by atoms with van der Waals surface area (Å²) in [7, 11) is 4.00. The highest BCUT2D eigenvalue weighted by molar-refractivity contribution is 5.67. The number of alkyl carbamates (subject to hydrolysis) is 2. The first-order chi connectivity index (χ1) is 19.5. The van der Waals surface area contributed by atoms with Gasteiger partial charge in [-0.25, -0.2) is 9.59 Å². The van der Waals surface area contributed by atoms with Crippen LogP contribution in [0, 0.1) is 0 Å². The number of ether oxygens (including phenoxy) is 3. The summed E-state index contributed by atoms with van der Waals surface area (Å²) in [5.41, 5.74) is -0.759. The highest BCUT2D eigenvalue weighted by Crippen LogP contribution is 2.26. The van der Waals surface area contributed by atoms with E-state index in [1.165, 1.54) is 89.9 Å². The molecule has 1 atom stereocenters. The van der Waals surface area contributed by atoms with E-state index in [1.54, 1.807) is 0 Å². The van der Waals surface area contributed by atoms with E-state index in [9.17, 15) is 9.59 Å². The summed E-state index contributed by atoms with van der Waals surface area (Å²) in [6.45, 7) is 5.11. The van der Waals surface area contributed by atoms with Crippen molar-refractivity contribution in [2.24, 2.45) is 0 Å². The van der Waals surface area contributed by atoms with Gasteiger partial charge in [-0.2, -0.15) is 0 Å². The maximum atomic E-state index is 12.2. The zero-order valence-corrected chi connectivity index (χ0v) is 26.4. The van der Waals surface area contributed by atoms with Gasteiger partial charge in [0.1, 0.15) is 18.8 Å². The Morgan fingerprint density at radius 2 is 1.12 bits per heavy atom. The Hall–Kier alpha value is -1.54. The van der Waals surface area contributed by atoms with Crippen LogP contribution in [0.4, 0.5) is 9.59 Å². The van der Waals surface area contributed by atoms with Gasteiger partial charge in [-0.3, -0.25) is 0 Å². The molecule has 1 rings (SSSR count). The van der Waals surface area contributed by atoms with Crippen LogP contribution in [-0.4, -0.2) is 76.2 Å². The molecule has 0 saturated carbocycles. The van der Waals surface area contributed by atoms with E-state index < -0.39 is 17.8 Å². The summed E-state index contributed by atoms with van der Waals surface area (Å²) in [4.78, 5) is 26.4. The minimum atomic E-state index is -0.759. The van der Waals surface area contributed by atoms with Gasteiger partial charge in [-0.05, 0) is 52.7 Å². The van der Waals surface area contributed by atoms with Crippen molar-refractivity contribution >= 4 is 12.2 Å². The van der Waals surface area contributed by atoms with Gasteiger partial charge in [0.05, 0.1) is 0 Å². The molecule has 1 saturated heterocycles. The standard InChI is InChI=1S/C32H63N3O5/c1-4-5-6-7-8-9-10-11-12-13-14-15-16-17-18-20-24-33-30(36)38-28-32(23-19-21-27-40-32)29-39-31(37)34-25-22-26-35(2)3/h4-29H2,1-3H3,(H,33,36)(H,34,37). The normalized spacial score (nSPS) is 17.1. The Kier molecular flexibility index (Phi) is 23.0. The maximum Gasteiger partial charge on any atom is 0.407 e. The van der Waals surface area contributed by atoms with Crippen molar-refractivity contribution in [1.82, 2.24) is 15.5 Å². The topological polar surface area (TPSA) is 89.1 Å². The number of nitrogens with zero attached hydrogens (tertiary/aromatic N) is 1. The number of unbranched alkanes of at least 4 members (excludes halogenated alkanes) is 15. The van der Waals surface area contributed by atoms with Crippen molar-refractivity contribution in [3.8, 4) is 0 Å². The van der Waals surface area contributed by atoms with Crippen molar-refractivity contribution in [1.29, 1.82) is 0 Å². The molecule has 0 aliphatic carbocycles. The molecule has 1 heterocycles. The highest BCUT2D eigenvalue weighted by atomic mass is 16.6. The molecule has 2 N–H and O–H groups in total.